The number of hydrogen-bond acceptors (Lipinski definition) is 14. The van der Waals surface area contributed by atoms with E-state index in [1.54, 1.807) is 31.2 Å². The number of aryl methyl sites for hydroxylation is 1. The van der Waals surface area contributed by atoms with Gasteiger partial charge < -0.3 is 60.0 Å². The molecule has 16 unspecified atom stereocenters. The number of aliphatic hydroxyl groups excluding tert-OH is 5. The Hall–Kier alpha value is -4.12. The number of carbonyl (C=O) groups excluding carboxylic acids is 2. The van der Waals surface area contributed by atoms with Crippen LogP contribution in [0.1, 0.15) is 114 Å². The maximum Gasteiger partial charge on any atom is 0.334 e. The number of ether oxygens (including phenoxy) is 4. The van der Waals surface area contributed by atoms with Crippen LogP contribution in [0.3, 0.4) is 0 Å². The van der Waals surface area contributed by atoms with Crippen molar-refractivity contribution in [2.45, 2.75) is 153 Å². The lowest BCUT2D eigenvalue weighted by molar-refractivity contribution is -0.333. The third-order valence-electron chi connectivity index (χ3n) is 17.0. The van der Waals surface area contributed by atoms with Gasteiger partial charge in [-0.1, -0.05) is 63.3 Å². The van der Waals surface area contributed by atoms with Gasteiger partial charge in [-0.2, -0.15) is 0 Å². The number of esters is 2. The minimum absolute atomic E-state index is 0.0169. The highest BCUT2D eigenvalue weighted by Gasteiger charge is 2.60. The van der Waals surface area contributed by atoms with Crippen molar-refractivity contribution in [1.29, 1.82) is 0 Å². The van der Waals surface area contributed by atoms with Gasteiger partial charge in [-0.3, -0.25) is 4.79 Å². The highest BCUT2D eigenvalue weighted by Crippen LogP contribution is 2.59. The Morgan fingerprint density at radius 1 is 1.00 bits per heavy atom. The number of nitrogens with one attached hydrogen (secondary N) is 1. The molecule has 0 radical (unpaired) electrons. The Labute approximate surface area is 412 Å². The summed E-state index contributed by atoms with van der Waals surface area (Å²) in [5.41, 5.74) is 3.25. The minimum atomic E-state index is -2.36. The summed E-state index contributed by atoms with van der Waals surface area (Å²) in [5, 5.41) is 80.5. The average Bonchev–Trinajstić information content (AvgIpc) is 3.32. The fourth-order valence-corrected chi connectivity index (χ4v) is 13.4. The van der Waals surface area contributed by atoms with Crippen molar-refractivity contribution in [3.63, 3.8) is 0 Å². The van der Waals surface area contributed by atoms with Crippen molar-refractivity contribution in [2.24, 2.45) is 46.8 Å². The van der Waals surface area contributed by atoms with Crippen molar-refractivity contribution >= 4 is 18.0 Å². The van der Waals surface area contributed by atoms with Gasteiger partial charge in [-0.15, -0.1) is 0 Å². The molecule has 16 atom stereocenters. The molecule has 1 saturated heterocycles. The lowest BCUT2D eigenvalue weighted by Crippen LogP contribution is -2.71. The summed E-state index contributed by atoms with van der Waals surface area (Å²) in [7, 11) is 1.41. The third-order valence-corrected chi connectivity index (χ3v) is 17.0. The molecule has 70 heavy (non-hydrogen) atoms. The molecule has 0 amide bonds. The third kappa shape index (κ3) is 10.8. The van der Waals surface area contributed by atoms with E-state index in [9.17, 15) is 40.5 Å². The number of phenols is 1. The molecule has 2 aliphatic heterocycles. The number of aromatic hydroxyl groups is 1. The highest BCUT2D eigenvalue weighted by molar-refractivity contribution is 5.94. The van der Waals surface area contributed by atoms with Gasteiger partial charge in [-0.05, 0) is 165 Å². The van der Waals surface area contributed by atoms with Gasteiger partial charge in [0.25, 0.3) is 0 Å². The number of allylic oxidation sites excluding steroid dienone is 1. The molecule has 14 heteroatoms. The normalized spacial score (nSPS) is 36.1. The molecular formula is C56H77NO13. The first-order valence-corrected chi connectivity index (χ1v) is 25.8. The maximum atomic E-state index is 15.0. The molecule has 14 nitrogen and oxygen atoms in total. The summed E-state index contributed by atoms with van der Waals surface area (Å²) in [6, 6.07) is 9.91. The summed E-state index contributed by atoms with van der Waals surface area (Å²) in [6.45, 7) is 8.28. The maximum absolute atomic E-state index is 15.0. The zero-order valence-corrected chi connectivity index (χ0v) is 41.5. The van der Waals surface area contributed by atoms with Crippen molar-refractivity contribution in [2.75, 3.05) is 26.9 Å². The van der Waals surface area contributed by atoms with Crippen LogP contribution in [0.15, 0.2) is 66.3 Å². The molecule has 7 aliphatic rings. The van der Waals surface area contributed by atoms with Gasteiger partial charge in [0.15, 0.2) is 23.7 Å². The van der Waals surface area contributed by atoms with E-state index in [0.717, 1.165) is 42.4 Å². The first kappa shape index (κ1) is 52.2. The second-order valence-corrected chi connectivity index (χ2v) is 22.0. The van der Waals surface area contributed by atoms with Gasteiger partial charge in [0.1, 0.15) is 12.2 Å². The molecule has 2 aromatic carbocycles. The van der Waals surface area contributed by atoms with Crippen LogP contribution in [-0.4, -0.2) is 123 Å². The molecule has 4 bridgehead atoms. The summed E-state index contributed by atoms with van der Waals surface area (Å²) >= 11 is 0. The second kappa shape index (κ2) is 21.9. The molecule has 8 N–H and O–H groups in total. The standard InChI is InChI=1S/C56H77NO13/c1-31(2)41-13-11-39-22-32(3)23-40(55(39)19-16-42(41)47(62)28-55)12-15-49(63)68-52-50(64)51-45(57-29-33(4)60)17-20-56(66,70-51)53(52)69-54(65)38(24-35-7-14-46(61)48(26-35)67-5)27-44-37(30-59)10-9-36-8-6-34(18-21-58)25-43(36)44/h6-8,14,16-17,19-20,24-26,31-33,37,39-42,44-45,47,50-53,57-62,64,66H,9-13,15,18,21-23,27-30H2,1-5H3. The topological polar surface area (TPSA) is 225 Å². The van der Waals surface area contributed by atoms with Crippen LogP contribution in [0.5, 0.6) is 11.5 Å². The average molecular weight is 972 g/mol. The Balaban J connectivity index is 1.10. The predicted octanol–water partition coefficient (Wildman–Crippen LogP) is 5.66. The number of benzene rings is 2. The lowest BCUT2D eigenvalue weighted by atomic mass is 9.49. The van der Waals surface area contributed by atoms with Gasteiger partial charge >= 0.3 is 11.9 Å². The van der Waals surface area contributed by atoms with Crippen molar-refractivity contribution in [1.82, 2.24) is 5.32 Å². The first-order chi connectivity index (χ1) is 33.5. The summed E-state index contributed by atoms with van der Waals surface area (Å²) < 4.78 is 24.1. The van der Waals surface area contributed by atoms with E-state index in [2.05, 4.69) is 38.2 Å². The molecule has 9 rings (SSSR count). The van der Waals surface area contributed by atoms with Crippen LogP contribution in [-0.2, 0) is 36.6 Å². The molecule has 3 fully saturated rings. The number of carbonyl (C=O) groups is 2. The first-order valence-electron chi connectivity index (χ1n) is 25.8. The van der Waals surface area contributed by atoms with E-state index in [0.29, 0.717) is 61.3 Å². The minimum Gasteiger partial charge on any atom is -0.504 e. The Morgan fingerprint density at radius 3 is 2.51 bits per heavy atom. The molecule has 2 heterocycles. The zero-order chi connectivity index (χ0) is 50.1. The van der Waals surface area contributed by atoms with E-state index >= 15 is 4.79 Å². The van der Waals surface area contributed by atoms with Gasteiger partial charge in [0.2, 0.25) is 5.79 Å². The van der Waals surface area contributed by atoms with Crippen LogP contribution in [0.2, 0.25) is 0 Å². The quantitative estimate of drug-likeness (QED) is 0.0545. The molecule has 5 aliphatic carbocycles. The van der Waals surface area contributed by atoms with E-state index in [1.165, 1.54) is 19.3 Å². The molecule has 1 spiro atoms. The fraction of sp³-hybridized carbons (Fsp3) is 0.643. The largest absolute Gasteiger partial charge is 0.504 e. The van der Waals surface area contributed by atoms with Crippen molar-refractivity contribution in [3.8, 4) is 11.5 Å². The van der Waals surface area contributed by atoms with Crippen LogP contribution in [0.4, 0.5) is 0 Å². The Morgan fingerprint density at radius 2 is 1.80 bits per heavy atom. The van der Waals surface area contributed by atoms with Crippen LogP contribution in [0, 0.1) is 46.8 Å². The smallest absolute Gasteiger partial charge is 0.334 e. The highest BCUT2D eigenvalue weighted by atomic mass is 16.7. The fourth-order valence-electron chi connectivity index (χ4n) is 13.4. The van der Waals surface area contributed by atoms with Gasteiger partial charge in [0, 0.05) is 37.7 Å². The number of phenolic OH excluding ortho intramolecular Hbond substituents is 1. The van der Waals surface area contributed by atoms with Gasteiger partial charge in [0.05, 0.1) is 25.4 Å². The second-order valence-electron chi connectivity index (χ2n) is 22.0. The lowest BCUT2D eigenvalue weighted by Gasteiger charge is -2.56. The summed E-state index contributed by atoms with van der Waals surface area (Å²) in [5.74, 6) is -2.63. The van der Waals surface area contributed by atoms with Gasteiger partial charge in [-0.25, -0.2) is 4.79 Å². The SMILES string of the molecule is COc1cc(C=C(CC2c3cc(CCO)ccc3CCC2CO)C(=O)OC2C(OC(=O)CCC3CC(C)CC4CCC(C(C)C)C5C=CC34CC5O)C(O)C3OC2(O)C=CC3NCC(C)O)ccc1O. The number of rotatable bonds is 17. The molecule has 2 aromatic rings. The monoisotopic (exact) mass is 972 g/mol. The Bertz CT molecular complexity index is 2260. The van der Waals surface area contributed by atoms with Crippen molar-refractivity contribution in [3.05, 3.63) is 88.5 Å². The zero-order valence-electron chi connectivity index (χ0n) is 41.5. The van der Waals surface area contributed by atoms with E-state index in [1.807, 2.05) is 18.2 Å². The molecule has 0 aromatic heterocycles. The number of methoxy groups -OCH3 is 1. The number of aliphatic hydroxyl groups is 6. The molecular weight excluding hydrogens is 895 g/mol. The van der Waals surface area contributed by atoms with Crippen LogP contribution < -0.4 is 10.1 Å². The predicted molar refractivity (Wildman–Crippen MR) is 262 cm³/mol. The van der Waals surface area contributed by atoms with E-state index in [-0.39, 0.29) is 78.8 Å². The molecule has 384 valence electrons. The van der Waals surface area contributed by atoms with Crippen molar-refractivity contribution < 1.29 is 64.3 Å². The summed E-state index contributed by atoms with van der Waals surface area (Å²) in [6.07, 6.45) is 8.79. The van der Waals surface area contributed by atoms with E-state index < -0.39 is 60.4 Å². The number of hydrogen-bond donors (Lipinski definition) is 8. The number of fused-ring (bicyclic) bond motifs is 6. The van der Waals surface area contributed by atoms with E-state index in [4.69, 9.17) is 18.9 Å². The molecule has 2 saturated carbocycles. The van der Waals surface area contributed by atoms with Crippen LogP contribution in [0.25, 0.3) is 6.08 Å². The summed E-state index contributed by atoms with van der Waals surface area (Å²) in [4.78, 5) is 29.4. The Kier molecular flexibility index (Phi) is 16.4. The van der Waals surface area contributed by atoms with Crippen LogP contribution >= 0.6 is 0 Å².